The van der Waals surface area contributed by atoms with Crippen molar-refractivity contribution in [2.75, 3.05) is 6.79 Å². The minimum Gasteiger partial charge on any atom is -0.454 e. The maximum atomic E-state index is 12.9. The summed E-state index contributed by atoms with van der Waals surface area (Å²) in [7, 11) is 0. The zero-order valence-electron chi connectivity index (χ0n) is 15.9. The Balaban J connectivity index is 1.24. The van der Waals surface area contributed by atoms with Crippen LogP contribution in [0.25, 0.3) is 10.2 Å². The molecule has 1 N–H and O–H groups in total. The van der Waals surface area contributed by atoms with E-state index in [1.807, 2.05) is 18.2 Å². The smallest absolute Gasteiger partial charge is 0.262 e. The fourth-order valence-electron chi connectivity index (χ4n) is 3.90. The van der Waals surface area contributed by atoms with Gasteiger partial charge in [-0.15, -0.1) is 11.3 Å². The first-order valence-electron chi connectivity index (χ1n) is 9.84. The Bertz CT molecular complexity index is 1150. The Morgan fingerprint density at radius 2 is 2.07 bits per heavy atom. The molecule has 3 heterocycles. The molecule has 8 heteroatoms. The quantitative estimate of drug-likeness (QED) is 0.698. The van der Waals surface area contributed by atoms with Crippen LogP contribution in [0.3, 0.4) is 0 Å². The minimum atomic E-state index is -0.109. The summed E-state index contributed by atoms with van der Waals surface area (Å²) in [4.78, 5) is 31.8. The average Bonchev–Trinajstić information content (AvgIpc) is 3.35. The molecule has 0 bridgehead atoms. The van der Waals surface area contributed by atoms with Crippen LogP contribution in [0.4, 0.5) is 0 Å². The highest BCUT2D eigenvalue weighted by Crippen LogP contribution is 2.33. The third-order valence-corrected chi connectivity index (χ3v) is 6.65. The molecule has 29 heavy (non-hydrogen) atoms. The van der Waals surface area contributed by atoms with E-state index in [0.717, 1.165) is 40.8 Å². The van der Waals surface area contributed by atoms with Gasteiger partial charge in [-0.3, -0.25) is 14.2 Å². The molecule has 0 spiro atoms. The van der Waals surface area contributed by atoms with Gasteiger partial charge < -0.3 is 14.8 Å². The molecular weight excluding hydrogens is 390 g/mol. The molecule has 0 radical (unpaired) electrons. The molecule has 3 aromatic rings. The second-order valence-electron chi connectivity index (χ2n) is 7.35. The summed E-state index contributed by atoms with van der Waals surface area (Å²) < 4.78 is 12.2. The molecule has 0 atom stereocenters. The van der Waals surface area contributed by atoms with Crippen molar-refractivity contribution in [2.45, 2.75) is 45.2 Å². The van der Waals surface area contributed by atoms with Gasteiger partial charge in [0.15, 0.2) is 11.5 Å². The number of aromatic nitrogens is 2. The SMILES string of the molecule is O=C(CCn1cnc2sc3c(c2c1=O)CCCC3)NCc1ccc2c(c1)OCO2. The molecule has 2 aliphatic rings. The van der Waals surface area contributed by atoms with E-state index in [4.69, 9.17) is 9.47 Å². The number of carbonyl (C=O) groups is 1. The predicted octanol–water partition coefficient (Wildman–Crippen LogP) is 2.77. The van der Waals surface area contributed by atoms with Crippen LogP contribution in [0.5, 0.6) is 11.5 Å². The number of amides is 1. The predicted molar refractivity (Wildman–Crippen MR) is 110 cm³/mol. The number of benzene rings is 1. The molecule has 1 aliphatic carbocycles. The second-order valence-corrected chi connectivity index (χ2v) is 8.43. The number of aryl methyl sites for hydroxylation is 3. The Morgan fingerprint density at radius 3 is 3.00 bits per heavy atom. The highest BCUT2D eigenvalue weighted by Gasteiger charge is 2.20. The number of nitrogens with one attached hydrogen (secondary N) is 1. The average molecular weight is 411 g/mol. The lowest BCUT2D eigenvalue weighted by Crippen LogP contribution is -2.27. The zero-order chi connectivity index (χ0) is 19.8. The summed E-state index contributed by atoms with van der Waals surface area (Å²) >= 11 is 1.64. The van der Waals surface area contributed by atoms with Crippen LogP contribution in [0.1, 0.15) is 35.3 Å². The van der Waals surface area contributed by atoms with Crippen molar-refractivity contribution in [2.24, 2.45) is 0 Å². The fourth-order valence-corrected chi connectivity index (χ4v) is 5.12. The monoisotopic (exact) mass is 411 g/mol. The lowest BCUT2D eigenvalue weighted by molar-refractivity contribution is -0.121. The number of nitrogens with zero attached hydrogens (tertiary/aromatic N) is 2. The van der Waals surface area contributed by atoms with E-state index in [0.29, 0.717) is 18.8 Å². The number of thiophene rings is 1. The van der Waals surface area contributed by atoms with Crippen molar-refractivity contribution in [3.8, 4) is 11.5 Å². The van der Waals surface area contributed by atoms with Gasteiger partial charge in [-0.05, 0) is 48.9 Å². The van der Waals surface area contributed by atoms with Gasteiger partial charge in [0.05, 0.1) is 11.7 Å². The van der Waals surface area contributed by atoms with E-state index < -0.39 is 0 Å². The summed E-state index contributed by atoms with van der Waals surface area (Å²) in [6.45, 7) is 0.949. The van der Waals surface area contributed by atoms with Gasteiger partial charge >= 0.3 is 0 Å². The molecular formula is C21H21N3O4S. The molecule has 2 aromatic heterocycles. The van der Waals surface area contributed by atoms with Gasteiger partial charge in [-0.25, -0.2) is 4.98 Å². The van der Waals surface area contributed by atoms with Crippen molar-refractivity contribution in [3.05, 3.63) is 50.9 Å². The molecule has 7 nitrogen and oxygen atoms in total. The van der Waals surface area contributed by atoms with Crippen molar-refractivity contribution < 1.29 is 14.3 Å². The summed E-state index contributed by atoms with van der Waals surface area (Å²) in [5.74, 6) is 1.31. The van der Waals surface area contributed by atoms with Gasteiger partial charge in [0.1, 0.15) is 4.83 Å². The summed E-state index contributed by atoms with van der Waals surface area (Å²) in [6.07, 6.45) is 6.08. The number of fused-ring (bicyclic) bond motifs is 4. The van der Waals surface area contributed by atoms with Crippen LogP contribution in [-0.2, 0) is 30.7 Å². The van der Waals surface area contributed by atoms with Gasteiger partial charge in [-0.2, -0.15) is 0 Å². The van der Waals surface area contributed by atoms with E-state index in [2.05, 4.69) is 10.3 Å². The van der Waals surface area contributed by atoms with Crippen molar-refractivity contribution >= 4 is 27.5 Å². The van der Waals surface area contributed by atoms with Crippen molar-refractivity contribution in [3.63, 3.8) is 0 Å². The minimum absolute atomic E-state index is 0.0297. The van der Waals surface area contributed by atoms with Crippen LogP contribution >= 0.6 is 11.3 Å². The lowest BCUT2D eigenvalue weighted by atomic mass is 9.97. The first-order valence-corrected chi connectivity index (χ1v) is 10.7. The third kappa shape index (κ3) is 3.48. The number of hydrogen-bond acceptors (Lipinski definition) is 6. The summed E-state index contributed by atoms with van der Waals surface area (Å²) in [5.41, 5.74) is 2.08. The van der Waals surface area contributed by atoms with Crippen LogP contribution in [0.15, 0.2) is 29.3 Å². The molecule has 0 fully saturated rings. The lowest BCUT2D eigenvalue weighted by Gasteiger charge is -2.10. The Hall–Kier alpha value is -2.87. The summed E-state index contributed by atoms with van der Waals surface area (Å²) in [5, 5.41) is 3.65. The molecule has 1 aliphatic heterocycles. The molecule has 1 aromatic carbocycles. The zero-order valence-corrected chi connectivity index (χ0v) is 16.7. The first-order chi connectivity index (χ1) is 14.2. The van der Waals surface area contributed by atoms with Crippen LogP contribution in [0.2, 0.25) is 0 Å². The maximum Gasteiger partial charge on any atom is 0.262 e. The molecule has 1 amide bonds. The highest BCUT2D eigenvalue weighted by molar-refractivity contribution is 7.18. The van der Waals surface area contributed by atoms with Crippen LogP contribution < -0.4 is 20.3 Å². The van der Waals surface area contributed by atoms with Crippen LogP contribution in [0, 0.1) is 0 Å². The molecule has 150 valence electrons. The van der Waals surface area contributed by atoms with E-state index in [-0.39, 0.29) is 24.7 Å². The Morgan fingerprint density at radius 1 is 1.21 bits per heavy atom. The van der Waals surface area contributed by atoms with Crippen molar-refractivity contribution in [1.82, 2.24) is 14.9 Å². The fraction of sp³-hybridized carbons (Fsp3) is 0.381. The first kappa shape index (κ1) is 18.2. The maximum absolute atomic E-state index is 12.9. The largest absolute Gasteiger partial charge is 0.454 e. The molecule has 5 rings (SSSR count). The Labute approximate surface area is 171 Å². The second kappa shape index (κ2) is 7.51. The number of hydrogen-bond donors (Lipinski definition) is 1. The Kier molecular flexibility index (Phi) is 4.71. The van der Waals surface area contributed by atoms with Gasteiger partial charge in [-0.1, -0.05) is 6.07 Å². The van der Waals surface area contributed by atoms with E-state index >= 15 is 0 Å². The van der Waals surface area contributed by atoms with Gasteiger partial charge in [0, 0.05) is 24.4 Å². The normalized spacial score (nSPS) is 14.8. The van der Waals surface area contributed by atoms with Crippen molar-refractivity contribution in [1.29, 1.82) is 0 Å². The number of ether oxygens (including phenoxy) is 2. The van der Waals surface area contributed by atoms with Gasteiger partial charge in [0.25, 0.3) is 5.56 Å². The standard InChI is InChI=1S/C21H21N3O4S/c25-18(22-10-13-5-6-15-16(9-13)28-12-27-15)7-8-24-11-23-20-19(21(24)26)14-3-1-2-4-17(14)29-20/h5-6,9,11H,1-4,7-8,10,12H2,(H,22,25). The molecule has 0 unspecified atom stereocenters. The number of carbonyl (C=O) groups excluding carboxylic acids is 1. The summed E-state index contributed by atoms with van der Waals surface area (Å²) in [6, 6.07) is 5.60. The van der Waals surface area contributed by atoms with Crippen LogP contribution in [-0.4, -0.2) is 22.3 Å². The topological polar surface area (TPSA) is 82.5 Å². The molecule has 0 saturated heterocycles. The molecule has 0 saturated carbocycles. The number of rotatable bonds is 5. The van der Waals surface area contributed by atoms with Gasteiger partial charge in [0.2, 0.25) is 12.7 Å². The van der Waals surface area contributed by atoms with E-state index in [1.54, 1.807) is 22.2 Å². The van der Waals surface area contributed by atoms with E-state index in [1.165, 1.54) is 16.9 Å². The van der Waals surface area contributed by atoms with E-state index in [9.17, 15) is 9.59 Å². The third-order valence-electron chi connectivity index (χ3n) is 5.45. The highest BCUT2D eigenvalue weighted by atomic mass is 32.1.